The first-order valence-corrected chi connectivity index (χ1v) is 6.70. The van der Waals surface area contributed by atoms with Crippen LogP contribution in [0.5, 0.6) is 0 Å². The molecule has 0 amide bonds. The lowest BCUT2D eigenvalue weighted by atomic mass is 9.83. The standard InChI is InChI=1S/C14H18ClNO/c1-16-11-6-7-13(16)14(17)12(8-11)9-2-4-10(15)5-3-9/h2-5,11-14,17H,6-8H2,1H3/t11-,12-,13?,14-/m1/s1. The quantitative estimate of drug-likeness (QED) is 0.830. The van der Waals surface area contributed by atoms with Gasteiger partial charge in [0.05, 0.1) is 6.10 Å². The van der Waals surface area contributed by atoms with Crippen molar-refractivity contribution in [3.63, 3.8) is 0 Å². The Balaban J connectivity index is 1.87. The molecule has 2 bridgehead atoms. The predicted octanol–water partition coefficient (Wildman–Crippen LogP) is 2.65. The summed E-state index contributed by atoms with van der Waals surface area (Å²) in [5.74, 6) is 0.279. The lowest BCUT2D eigenvalue weighted by molar-refractivity contribution is 0.0112. The van der Waals surface area contributed by atoms with Crippen molar-refractivity contribution in [3.05, 3.63) is 34.9 Å². The Morgan fingerprint density at radius 3 is 2.65 bits per heavy atom. The topological polar surface area (TPSA) is 23.5 Å². The normalized spacial score (nSPS) is 37.4. The Morgan fingerprint density at radius 2 is 1.94 bits per heavy atom. The van der Waals surface area contributed by atoms with Gasteiger partial charge in [0.25, 0.3) is 0 Å². The Hall–Kier alpha value is -0.570. The molecule has 3 rings (SSSR count). The number of nitrogens with zero attached hydrogens (tertiary/aromatic N) is 1. The molecule has 0 saturated carbocycles. The van der Waals surface area contributed by atoms with Crippen LogP contribution in [0.15, 0.2) is 24.3 Å². The van der Waals surface area contributed by atoms with Gasteiger partial charge in [-0.2, -0.15) is 0 Å². The highest BCUT2D eigenvalue weighted by Gasteiger charge is 2.45. The molecule has 0 aromatic heterocycles. The van der Waals surface area contributed by atoms with Gasteiger partial charge in [0.15, 0.2) is 0 Å². The summed E-state index contributed by atoms with van der Waals surface area (Å²) in [6.07, 6.45) is 3.18. The van der Waals surface area contributed by atoms with Crippen LogP contribution < -0.4 is 0 Å². The average molecular weight is 252 g/mol. The van der Waals surface area contributed by atoms with E-state index in [0.29, 0.717) is 12.1 Å². The highest BCUT2D eigenvalue weighted by atomic mass is 35.5. The van der Waals surface area contributed by atoms with E-state index in [9.17, 15) is 5.11 Å². The van der Waals surface area contributed by atoms with Crippen LogP contribution in [0.2, 0.25) is 5.02 Å². The Bertz CT molecular complexity index is 405. The highest BCUT2D eigenvalue weighted by molar-refractivity contribution is 6.30. The Kier molecular flexibility index (Phi) is 2.89. The lowest BCUT2D eigenvalue weighted by Crippen LogP contribution is -2.48. The summed E-state index contributed by atoms with van der Waals surface area (Å²) in [5, 5.41) is 11.2. The van der Waals surface area contributed by atoms with E-state index in [2.05, 4.69) is 24.1 Å². The van der Waals surface area contributed by atoms with Crippen LogP contribution in [0.25, 0.3) is 0 Å². The average Bonchev–Trinajstić information content (AvgIpc) is 2.58. The summed E-state index contributed by atoms with van der Waals surface area (Å²) < 4.78 is 0. The van der Waals surface area contributed by atoms with E-state index in [4.69, 9.17) is 11.6 Å². The first-order chi connectivity index (χ1) is 8.16. The Morgan fingerprint density at radius 1 is 1.24 bits per heavy atom. The highest BCUT2D eigenvalue weighted by Crippen LogP contribution is 2.42. The molecular weight excluding hydrogens is 234 g/mol. The van der Waals surface area contributed by atoms with Crippen molar-refractivity contribution in [1.82, 2.24) is 4.90 Å². The van der Waals surface area contributed by atoms with E-state index >= 15 is 0 Å². The largest absolute Gasteiger partial charge is 0.391 e. The molecule has 2 heterocycles. The monoisotopic (exact) mass is 251 g/mol. The summed E-state index contributed by atoms with van der Waals surface area (Å²) >= 11 is 5.91. The molecule has 17 heavy (non-hydrogen) atoms. The van der Waals surface area contributed by atoms with Crippen LogP contribution in [0.3, 0.4) is 0 Å². The number of aliphatic hydroxyl groups is 1. The smallest absolute Gasteiger partial charge is 0.0764 e. The van der Waals surface area contributed by atoms with Crippen molar-refractivity contribution < 1.29 is 5.11 Å². The lowest BCUT2D eigenvalue weighted by Gasteiger charge is -2.40. The van der Waals surface area contributed by atoms with E-state index < -0.39 is 0 Å². The summed E-state index contributed by atoms with van der Waals surface area (Å²) in [6.45, 7) is 0. The molecule has 92 valence electrons. The van der Waals surface area contributed by atoms with Crippen LogP contribution in [-0.2, 0) is 0 Å². The van der Waals surface area contributed by atoms with Gasteiger partial charge >= 0.3 is 0 Å². The molecule has 2 aliphatic heterocycles. The predicted molar refractivity (Wildman–Crippen MR) is 69.4 cm³/mol. The van der Waals surface area contributed by atoms with E-state index in [1.54, 1.807) is 0 Å². The van der Waals surface area contributed by atoms with Crippen LogP contribution in [0.1, 0.15) is 30.7 Å². The van der Waals surface area contributed by atoms with Gasteiger partial charge in [0, 0.05) is 23.0 Å². The fourth-order valence-electron chi connectivity index (χ4n) is 3.48. The zero-order valence-electron chi connectivity index (χ0n) is 10.0. The molecule has 0 aliphatic carbocycles. The number of likely N-dealkylation sites (N-methyl/N-ethyl adjacent to an activating group) is 1. The fraction of sp³-hybridized carbons (Fsp3) is 0.571. The van der Waals surface area contributed by atoms with Crippen molar-refractivity contribution in [1.29, 1.82) is 0 Å². The number of benzene rings is 1. The molecular formula is C14H18ClNO. The van der Waals surface area contributed by atoms with Crippen molar-refractivity contribution in [3.8, 4) is 0 Å². The summed E-state index contributed by atoms with van der Waals surface area (Å²) in [4.78, 5) is 2.36. The van der Waals surface area contributed by atoms with Gasteiger partial charge in [-0.25, -0.2) is 0 Å². The van der Waals surface area contributed by atoms with Crippen molar-refractivity contribution >= 4 is 11.6 Å². The first kappa shape index (κ1) is 11.5. The number of aliphatic hydroxyl groups excluding tert-OH is 1. The second kappa shape index (κ2) is 4.27. The molecule has 0 spiro atoms. The molecule has 2 aliphatic rings. The van der Waals surface area contributed by atoms with Crippen LogP contribution in [0, 0.1) is 0 Å². The van der Waals surface area contributed by atoms with Gasteiger partial charge in [0.1, 0.15) is 0 Å². The minimum absolute atomic E-state index is 0.236. The molecule has 1 aromatic rings. The molecule has 3 heteroatoms. The van der Waals surface area contributed by atoms with E-state index in [0.717, 1.165) is 17.9 Å². The second-order valence-corrected chi connectivity index (χ2v) is 5.78. The van der Waals surface area contributed by atoms with Gasteiger partial charge in [-0.15, -0.1) is 0 Å². The van der Waals surface area contributed by atoms with E-state index in [1.807, 2.05) is 12.1 Å². The molecule has 2 saturated heterocycles. The van der Waals surface area contributed by atoms with Gasteiger partial charge in [-0.1, -0.05) is 23.7 Å². The van der Waals surface area contributed by atoms with Gasteiger partial charge in [0.2, 0.25) is 0 Å². The zero-order chi connectivity index (χ0) is 12.0. The molecule has 0 radical (unpaired) electrons. The van der Waals surface area contributed by atoms with E-state index in [-0.39, 0.29) is 12.0 Å². The number of fused-ring (bicyclic) bond motifs is 2. The van der Waals surface area contributed by atoms with Crippen molar-refractivity contribution in [2.24, 2.45) is 0 Å². The zero-order valence-corrected chi connectivity index (χ0v) is 10.8. The third kappa shape index (κ3) is 1.88. The van der Waals surface area contributed by atoms with Gasteiger partial charge < -0.3 is 5.11 Å². The summed E-state index contributed by atoms with van der Waals surface area (Å²) in [6, 6.07) is 8.94. The van der Waals surface area contributed by atoms with Gasteiger partial charge in [-0.05, 0) is 44.0 Å². The second-order valence-electron chi connectivity index (χ2n) is 5.35. The number of hydrogen-bond acceptors (Lipinski definition) is 2. The number of piperidine rings is 1. The number of hydrogen-bond donors (Lipinski definition) is 1. The first-order valence-electron chi connectivity index (χ1n) is 6.32. The Labute approximate surface area is 107 Å². The van der Waals surface area contributed by atoms with Crippen LogP contribution in [0.4, 0.5) is 0 Å². The minimum Gasteiger partial charge on any atom is -0.391 e. The summed E-state index contributed by atoms with van der Waals surface area (Å²) in [7, 11) is 2.14. The molecule has 2 fully saturated rings. The van der Waals surface area contributed by atoms with Crippen LogP contribution in [-0.4, -0.2) is 35.2 Å². The molecule has 4 atom stereocenters. The third-order valence-electron chi connectivity index (χ3n) is 4.53. The molecule has 1 aromatic carbocycles. The maximum absolute atomic E-state index is 10.5. The number of rotatable bonds is 1. The number of halogens is 1. The fourth-order valence-corrected chi connectivity index (χ4v) is 3.61. The molecule has 1 N–H and O–H groups in total. The SMILES string of the molecule is CN1C2CC[C@@H]1C[C@H](c1ccc(Cl)cc1)[C@H]2O. The van der Waals surface area contributed by atoms with E-state index in [1.165, 1.54) is 12.0 Å². The minimum atomic E-state index is -0.236. The maximum atomic E-state index is 10.5. The third-order valence-corrected chi connectivity index (χ3v) is 4.78. The maximum Gasteiger partial charge on any atom is 0.0764 e. The van der Waals surface area contributed by atoms with Crippen molar-refractivity contribution in [2.75, 3.05) is 7.05 Å². The summed E-state index contributed by atoms with van der Waals surface area (Å²) in [5.41, 5.74) is 1.23. The van der Waals surface area contributed by atoms with Crippen LogP contribution >= 0.6 is 11.6 Å². The molecule has 2 nitrogen and oxygen atoms in total. The van der Waals surface area contributed by atoms with Crippen molar-refractivity contribution in [2.45, 2.75) is 43.4 Å². The van der Waals surface area contributed by atoms with Gasteiger partial charge in [-0.3, -0.25) is 4.90 Å². The molecule has 1 unspecified atom stereocenters.